The van der Waals surface area contributed by atoms with Gasteiger partial charge in [0.2, 0.25) is 0 Å². The van der Waals surface area contributed by atoms with E-state index >= 15 is 0 Å². The summed E-state index contributed by atoms with van der Waals surface area (Å²) >= 11 is 0. The fourth-order valence-corrected chi connectivity index (χ4v) is 1.40. The molecular weight excluding hydrogens is 178 g/mol. The number of carbonyl (C=O) groups excluding carboxylic acids is 1. The summed E-state index contributed by atoms with van der Waals surface area (Å²) in [6.45, 7) is 4.06. The Morgan fingerprint density at radius 3 is 2.86 bits per heavy atom. The zero-order valence-electron chi connectivity index (χ0n) is 9.03. The highest BCUT2D eigenvalue weighted by Gasteiger charge is 2.14. The van der Waals surface area contributed by atoms with Gasteiger partial charge >= 0.3 is 0 Å². The van der Waals surface area contributed by atoms with Crippen molar-refractivity contribution in [3.63, 3.8) is 0 Å². The lowest BCUT2D eigenvalue weighted by Gasteiger charge is -2.07. The average Bonchev–Trinajstić information content (AvgIpc) is 2.52. The topological polar surface area (TPSA) is 47.8 Å². The van der Waals surface area contributed by atoms with Gasteiger partial charge in [0, 0.05) is 13.0 Å². The number of carbonyl (C=O) groups is 1. The van der Waals surface area contributed by atoms with Crippen molar-refractivity contribution in [1.29, 1.82) is 0 Å². The van der Waals surface area contributed by atoms with Crippen LogP contribution in [0.3, 0.4) is 0 Å². The molecule has 1 atom stereocenters. The first-order chi connectivity index (χ1) is 6.65. The van der Waals surface area contributed by atoms with Crippen molar-refractivity contribution in [2.24, 2.45) is 13.0 Å². The van der Waals surface area contributed by atoms with Crippen LogP contribution in [-0.2, 0) is 18.3 Å². The Morgan fingerprint density at radius 1 is 1.64 bits per heavy atom. The fourth-order valence-electron chi connectivity index (χ4n) is 1.40. The van der Waals surface area contributed by atoms with Crippen molar-refractivity contribution >= 4 is 5.78 Å². The summed E-state index contributed by atoms with van der Waals surface area (Å²) in [6.07, 6.45) is 3.88. The van der Waals surface area contributed by atoms with Gasteiger partial charge < -0.3 is 0 Å². The van der Waals surface area contributed by atoms with Crippen LogP contribution in [0.2, 0.25) is 0 Å². The van der Waals surface area contributed by atoms with Gasteiger partial charge in [-0.15, -0.1) is 0 Å². The van der Waals surface area contributed by atoms with E-state index < -0.39 is 0 Å². The second kappa shape index (κ2) is 4.88. The molecule has 0 aliphatic heterocycles. The van der Waals surface area contributed by atoms with Crippen LogP contribution in [0.1, 0.15) is 32.5 Å². The molecule has 0 aromatic carbocycles. The number of nitrogens with zero attached hydrogens (tertiary/aromatic N) is 3. The maximum atomic E-state index is 11.7. The molecule has 1 aromatic rings. The van der Waals surface area contributed by atoms with E-state index in [0.717, 1.165) is 18.7 Å². The van der Waals surface area contributed by atoms with Crippen LogP contribution >= 0.6 is 0 Å². The molecule has 0 saturated carbocycles. The van der Waals surface area contributed by atoms with Crippen LogP contribution in [-0.4, -0.2) is 20.5 Å². The molecule has 4 nitrogen and oxygen atoms in total. The van der Waals surface area contributed by atoms with Crippen molar-refractivity contribution in [3.05, 3.63) is 12.2 Å². The van der Waals surface area contributed by atoms with E-state index in [1.54, 1.807) is 11.7 Å². The highest BCUT2D eigenvalue weighted by Crippen LogP contribution is 2.09. The molecule has 4 heteroatoms. The number of hydrogen-bond donors (Lipinski definition) is 0. The van der Waals surface area contributed by atoms with Crippen molar-refractivity contribution in [1.82, 2.24) is 14.8 Å². The third kappa shape index (κ3) is 2.65. The zero-order valence-corrected chi connectivity index (χ0v) is 9.03. The Balaban J connectivity index is 2.53. The monoisotopic (exact) mass is 195 g/mol. The zero-order chi connectivity index (χ0) is 10.6. The van der Waals surface area contributed by atoms with Gasteiger partial charge in [0.25, 0.3) is 0 Å². The number of aryl methyl sites for hydroxylation is 1. The van der Waals surface area contributed by atoms with Gasteiger partial charge in [0.05, 0.1) is 6.42 Å². The Kier molecular flexibility index (Phi) is 3.80. The Bertz CT molecular complexity index is 306. The molecule has 0 aliphatic carbocycles. The van der Waals surface area contributed by atoms with Gasteiger partial charge in [-0.3, -0.25) is 9.48 Å². The van der Waals surface area contributed by atoms with E-state index in [4.69, 9.17) is 0 Å². The molecule has 0 bridgehead atoms. The van der Waals surface area contributed by atoms with E-state index in [9.17, 15) is 4.79 Å². The van der Waals surface area contributed by atoms with E-state index in [-0.39, 0.29) is 11.7 Å². The molecule has 78 valence electrons. The number of rotatable bonds is 5. The Morgan fingerprint density at radius 2 is 2.36 bits per heavy atom. The normalized spacial score (nSPS) is 12.8. The van der Waals surface area contributed by atoms with Crippen LogP contribution in [0.25, 0.3) is 0 Å². The third-order valence-corrected chi connectivity index (χ3v) is 2.41. The van der Waals surface area contributed by atoms with Crippen LogP contribution in [0, 0.1) is 5.92 Å². The first kappa shape index (κ1) is 10.9. The van der Waals surface area contributed by atoms with Crippen molar-refractivity contribution in [2.45, 2.75) is 33.1 Å². The SMILES string of the molecule is CCCC(C)C(=O)Cc1ncnn1C. The highest BCUT2D eigenvalue weighted by atomic mass is 16.1. The molecule has 1 aromatic heterocycles. The van der Waals surface area contributed by atoms with Gasteiger partial charge in [0.15, 0.2) is 0 Å². The van der Waals surface area contributed by atoms with Gasteiger partial charge in [-0.25, -0.2) is 4.98 Å². The summed E-state index contributed by atoms with van der Waals surface area (Å²) < 4.78 is 1.65. The van der Waals surface area contributed by atoms with E-state index in [2.05, 4.69) is 17.0 Å². The third-order valence-electron chi connectivity index (χ3n) is 2.41. The summed E-state index contributed by atoms with van der Waals surface area (Å²) in [4.78, 5) is 15.7. The number of hydrogen-bond acceptors (Lipinski definition) is 3. The standard InChI is InChI=1S/C10H17N3O/c1-4-5-8(2)9(14)6-10-11-7-12-13(10)3/h7-8H,4-6H2,1-3H3. The van der Waals surface area contributed by atoms with Crippen molar-refractivity contribution in [3.8, 4) is 0 Å². The predicted octanol–water partition coefficient (Wildman–Crippen LogP) is 1.36. The van der Waals surface area contributed by atoms with E-state index in [1.165, 1.54) is 6.33 Å². The molecule has 0 radical (unpaired) electrons. The smallest absolute Gasteiger partial charge is 0.143 e. The van der Waals surface area contributed by atoms with Gasteiger partial charge in [-0.05, 0) is 6.42 Å². The molecule has 14 heavy (non-hydrogen) atoms. The molecular formula is C10H17N3O. The van der Waals surface area contributed by atoms with E-state index in [1.807, 2.05) is 6.92 Å². The van der Waals surface area contributed by atoms with Gasteiger partial charge in [-0.1, -0.05) is 20.3 Å². The van der Waals surface area contributed by atoms with Crippen LogP contribution in [0.4, 0.5) is 0 Å². The number of ketones is 1. The largest absolute Gasteiger partial charge is 0.299 e. The molecule has 0 aliphatic rings. The van der Waals surface area contributed by atoms with Crippen molar-refractivity contribution < 1.29 is 4.79 Å². The lowest BCUT2D eigenvalue weighted by molar-refractivity contribution is -0.122. The summed E-state index contributed by atoms with van der Waals surface area (Å²) in [5.74, 6) is 1.14. The second-order valence-electron chi connectivity index (χ2n) is 3.63. The molecule has 0 spiro atoms. The molecule has 1 rings (SSSR count). The Hall–Kier alpha value is -1.19. The molecule has 0 saturated heterocycles. The van der Waals surface area contributed by atoms with Crippen LogP contribution in [0.5, 0.6) is 0 Å². The summed E-state index contributed by atoms with van der Waals surface area (Å²) in [5.41, 5.74) is 0. The summed E-state index contributed by atoms with van der Waals surface area (Å²) in [7, 11) is 1.81. The van der Waals surface area contributed by atoms with E-state index in [0.29, 0.717) is 6.42 Å². The Labute approximate surface area is 84.3 Å². The van der Waals surface area contributed by atoms with Gasteiger partial charge in [0.1, 0.15) is 17.9 Å². The molecule has 1 heterocycles. The minimum absolute atomic E-state index is 0.136. The number of aromatic nitrogens is 3. The lowest BCUT2D eigenvalue weighted by Crippen LogP contribution is -2.16. The first-order valence-corrected chi connectivity index (χ1v) is 5.00. The molecule has 0 amide bonds. The van der Waals surface area contributed by atoms with Crippen LogP contribution in [0.15, 0.2) is 6.33 Å². The minimum atomic E-state index is 0.136. The average molecular weight is 195 g/mol. The predicted molar refractivity (Wildman–Crippen MR) is 53.8 cm³/mol. The quantitative estimate of drug-likeness (QED) is 0.712. The maximum Gasteiger partial charge on any atom is 0.143 e. The molecule has 0 fully saturated rings. The van der Waals surface area contributed by atoms with Gasteiger partial charge in [-0.2, -0.15) is 5.10 Å². The summed E-state index contributed by atoms with van der Waals surface area (Å²) in [6, 6.07) is 0. The lowest BCUT2D eigenvalue weighted by atomic mass is 9.99. The molecule has 1 unspecified atom stereocenters. The number of Topliss-reactive ketones (excluding diaryl/α,β-unsaturated/α-hetero) is 1. The first-order valence-electron chi connectivity index (χ1n) is 5.00. The second-order valence-corrected chi connectivity index (χ2v) is 3.63. The maximum absolute atomic E-state index is 11.7. The minimum Gasteiger partial charge on any atom is -0.299 e. The summed E-state index contributed by atoms with van der Waals surface area (Å²) in [5, 5.41) is 3.93. The van der Waals surface area contributed by atoms with Crippen LogP contribution < -0.4 is 0 Å². The highest BCUT2D eigenvalue weighted by molar-refractivity contribution is 5.82. The fraction of sp³-hybridized carbons (Fsp3) is 0.700. The molecule has 0 N–H and O–H groups in total. The van der Waals surface area contributed by atoms with Crippen molar-refractivity contribution in [2.75, 3.05) is 0 Å².